The minimum atomic E-state index is -0.194. The lowest BCUT2D eigenvalue weighted by molar-refractivity contribution is 0.621. The van der Waals surface area contributed by atoms with Crippen LogP contribution in [0.5, 0.6) is 0 Å². The van der Waals surface area contributed by atoms with E-state index in [4.69, 9.17) is 5.73 Å². The number of fused-ring (bicyclic) bond motifs is 3. The molecule has 18 heavy (non-hydrogen) atoms. The van der Waals surface area contributed by atoms with Crippen LogP contribution in [-0.2, 0) is 19.3 Å². The molecule has 0 bridgehead atoms. The minimum Gasteiger partial charge on any atom is -0.330 e. The first kappa shape index (κ1) is 13.0. The number of aromatic nitrogens is 3. The zero-order valence-corrected chi connectivity index (χ0v) is 10.6. The summed E-state index contributed by atoms with van der Waals surface area (Å²) in [6, 6.07) is 4.85. The summed E-state index contributed by atoms with van der Waals surface area (Å²) in [5.74, 6) is 1.60. The SMILES string of the molecule is Cl.NCCc1nnc2n1-c1ccc(F)cc1CC2. The Hall–Kier alpha value is -1.46. The van der Waals surface area contributed by atoms with Gasteiger partial charge in [-0.25, -0.2) is 4.39 Å². The van der Waals surface area contributed by atoms with E-state index in [-0.39, 0.29) is 18.2 Å². The highest BCUT2D eigenvalue weighted by Gasteiger charge is 2.20. The van der Waals surface area contributed by atoms with Gasteiger partial charge in [0.1, 0.15) is 17.5 Å². The van der Waals surface area contributed by atoms with Gasteiger partial charge in [-0.05, 0) is 36.7 Å². The number of halogens is 2. The quantitative estimate of drug-likeness (QED) is 0.896. The summed E-state index contributed by atoms with van der Waals surface area (Å²) in [4.78, 5) is 0. The molecule has 0 unspecified atom stereocenters. The van der Waals surface area contributed by atoms with Crippen LogP contribution in [0.3, 0.4) is 0 Å². The van der Waals surface area contributed by atoms with Crippen molar-refractivity contribution in [3.05, 3.63) is 41.2 Å². The van der Waals surface area contributed by atoms with Crippen LogP contribution in [0.25, 0.3) is 5.69 Å². The molecule has 1 aliphatic heterocycles. The first-order valence-corrected chi connectivity index (χ1v) is 5.71. The number of nitrogens with two attached hydrogens (primary N) is 1. The van der Waals surface area contributed by atoms with Crippen molar-refractivity contribution in [3.8, 4) is 5.69 Å². The molecule has 0 amide bonds. The predicted molar refractivity (Wildman–Crippen MR) is 68.7 cm³/mol. The molecule has 0 spiro atoms. The van der Waals surface area contributed by atoms with E-state index in [1.54, 1.807) is 12.1 Å². The van der Waals surface area contributed by atoms with Crippen LogP contribution in [0.1, 0.15) is 17.2 Å². The molecule has 0 atom stereocenters. The fourth-order valence-electron chi connectivity index (χ4n) is 2.30. The third kappa shape index (κ3) is 2.00. The minimum absolute atomic E-state index is 0. The Balaban J connectivity index is 0.00000120. The first-order valence-electron chi connectivity index (χ1n) is 5.71. The van der Waals surface area contributed by atoms with E-state index in [9.17, 15) is 4.39 Å². The number of nitrogens with zero attached hydrogens (tertiary/aromatic N) is 3. The monoisotopic (exact) mass is 268 g/mol. The van der Waals surface area contributed by atoms with Crippen molar-refractivity contribution in [2.24, 2.45) is 5.73 Å². The summed E-state index contributed by atoms with van der Waals surface area (Å²) in [6.45, 7) is 0.536. The molecule has 1 aromatic heterocycles. The third-order valence-corrected chi connectivity index (χ3v) is 3.07. The zero-order valence-electron chi connectivity index (χ0n) is 9.77. The molecule has 0 fully saturated rings. The average Bonchev–Trinajstić information content (AvgIpc) is 2.73. The van der Waals surface area contributed by atoms with Crippen molar-refractivity contribution >= 4 is 12.4 Å². The lowest BCUT2D eigenvalue weighted by atomic mass is 10.0. The van der Waals surface area contributed by atoms with Crippen LogP contribution in [-0.4, -0.2) is 21.3 Å². The Bertz CT molecular complexity index is 567. The Kier molecular flexibility index (Phi) is 3.63. The molecule has 0 saturated heterocycles. The van der Waals surface area contributed by atoms with Crippen molar-refractivity contribution in [2.45, 2.75) is 19.3 Å². The van der Waals surface area contributed by atoms with Crippen LogP contribution in [0, 0.1) is 5.82 Å². The van der Waals surface area contributed by atoms with Gasteiger partial charge in [0, 0.05) is 12.8 Å². The van der Waals surface area contributed by atoms with Gasteiger partial charge in [0.25, 0.3) is 0 Å². The fourth-order valence-corrected chi connectivity index (χ4v) is 2.30. The molecule has 0 aliphatic carbocycles. The van der Waals surface area contributed by atoms with Gasteiger partial charge in [0.15, 0.2) is 0 Å². The summed E-state index contributed by atoms with van der Waals surface area (Å²) in [7, 11) is 0. The standard InChI is InChI=1S/C12H13FN4.ClH/c13-9-2-3-10-8(7-9)1-4-11-15-16-12(5-6-14)17(10)11;/h2-3,7H,1,4-6,14H2;1H. The van der Waals surface area contributed by atoms with Gasteiger partial charge in [-0.2, -0.15) is 0 Å². The lowest BCUT2D eigenvalue weighted by Crippen LogP contribution is -2.16. The predicted octanol–water partition coefficient (Wildman–Crippen LogP) is 1.43. The molecule has 2 aromatic rings. The molecule has 4 nitrogen and oxygen atoms in total. The molecule has 0 radical (unpaired) electrons. The zero-order chi connectivity index (χ0) is 11.8. The highest BCUT2D eigenvalue weighted by molar-refractivity contribution is 5.85. The third-order valence-electron chi connectivity index (χ3n) is 3.07. The van der Waals surface area contributed by atoms with Crippen LogP contribution in [0.15, 0.2) is 18.2 Å². The topological polar surface area (TPSA) is 56.7 Å². The molecular weight excluding hydrogens is 255 g/mol. The van der Waals surface area contributed by atoms with Crippen molar-refractivity contribution in [2.75, 3.05) is 6.54 Å². The Labute approximate surface area is 110 Å². The van der Waals surface area contributed by atoms with Gasteiger partial charge >= 0.3 is 0 Å². The molecule has 6 heteroatoms. The molecule has 2 heterocycles. The van der Waals surface area contributed by atoms with Crippen LogP contribution < -0.4 is 5.73 Å². The number of aryl methyl sites for hydroxylation is 2. The van der Waals surface area contributed by atoms with E-state index in [2.05, 4.69) is 10.2 Å². The Morgan fingerprint density at radius 2 is 2.11 bits per heavy atom. The molecule has 3 rings (SSSR count). The smallest absolute Gasteiger partial charge is 0.138 e. The van der Waals surface area contributed by atoms with Gasteiger partial charge in [-0.15, -0.1) is 22.6 Å². The van der Waals surface area contributed by atoms with E-state index < -0.39 is 0 Å². The number of rotatable bonds is 2. The second-order valence-electron chi connectivity index (χ2n) is 4.18. The summed E-state index contributed by atoms with van der Waals surface area (Å²) in [6.07, 6.45) is 2.30. The van der Waals surface area contributed by atoms with E-state index in [1.807, 2.05) is 4.57 Å². The maximum absolute atomic E-state index is 13.2. The molecule has 1 aliphatic rings. The van der Waals surface area contributed by atoms with Crippen molar-refractivity contribution < 1.29 is 4.39 Å². The van der Waals surface area contributed by atoms with Gasteiger partial charge in [-0.3, -0.25) is 4.57 Å². The maximum Gasteiger partial charge on any atom is 0.138 e. The largest absolute Gasteiger partial charge is 0.330 e. The van der Waals surface area contributed by atoms with Crippen LogP contribution >= 0.6 is 12.4 Å². The van der Waals surface area contributed by atoms with Crippen molar-refractivity contribution in [1.29, 1.82) is 0 Å². The van der Waals surface area contributed by atoms with Crippen molar-refractivity contribution in [3.63, 3.8) is 0 Å². The molecule has 1 aromatic carbocycles. The molecule has 2 N–H and O–H groups in total. The van der Waals surface area contributed by atoms with E-state index in [0.717, 1.165) is 35.7 Å². The summed E-state index contributed by atoms with van der Waals surface area (Å²) < 4.78 is 15.2. The summed E-state index contributed by atoms with van der Waals surface area (Å²) in [5.41, 5.74) is 7.55. The van der Waals surface area contributed by atoms with Crippen LogP contribution in [0.2, 0.25) is 0 Å². The first-order chi connectivity index (χ1) is 8.29. The average molecular weight is 269 g/mol. The maximum atomic E-state index is 13.2. The lowest BCUT2D eigenvalue weighted by Gasteiger charge is -2.19. The second-order valence-corrected chi connectivity index (χ2v) is 4.18. The highest BCUT2D eigenvalue weighted by Crippen LogP contribution is 2.25. The second kappa shape index (κ2) is 5.04. The van der Waals surface area contributed by atoms with E-state index in [1.165, 1.54) is 6.07 Å². The fraction of sp³-hybridized carbons (Fsp3) is 0.333. The van der Waals surface area contributed by atoms with Crippen LogP contribution in [0.4, 0.5) is 4.39 Å². The number of hydrogen-bond donors (Lipinski definition) is 1. The molecular formula is C12H14ClFN4. The molecule has 0 saturated carbocycles. The van der Waals surface area contributed by atoms with Crippen molar-refractivity contribution in [1.82, 2.24) is 14.8 Å². The van der Waals surface area contributed by atoms with E-state index >= 15 is 0 Å². The number of benzene rings is 1. The van der Waals surface area contributed by atoms with E-state index in [0.29, 0.717) is 13.0 Å². The van der Waals surface area contributed by atoms with Gasteiger partial charge < -0.3 is 5.73 Å². The highest BCUT2D eigenvalue weighted by atomic mass is 35.5. The normalized spacial score (nSPS) is 12.6. The van der Waals surface area contributed by atoms with Gasteiger partial charge in [-0.1, -0.05) is 0 Å². The van der Waals surface area contributed by atoms with Gasteiger partial charge in [0.2, 0.25) is 0 Å². The number of hydrogen-bond acceptors (Lipinski definition) is 3. The Morgan fingerprint density at radius 3 is 2.89 bits per heavy atom. The Morgan fingerprint density at radius 1 is 1.28 bits per heavy atom. The molecule has 96 valence electrons. The summed E-state index contributed by atoms with van der Waals surface area (Å²) >= 11 is 0. The summed E-state index contributed by atoms with van der Waals surface area (Å²) in [5, 5.41) is 8.31. The van der Waals surface area contributed by atoms with Gasteiger partial charge in [0.05, 0.1) is 5.69 Å².